The summed E-state index contributed by atoms with van der Waals surface area (Å²) in [6, 6.07) is 18.3. The molecule has 3 aromatic rings. The van der Waals surface area contributed by atoms with Gasteiger partial charge >= 0.3 is 11.9 Å². The van der Waals surface area contributed by atoms with Gasteiger partial charge in [-0.05, 0) is 36.4 Å². The Bertz CT molecular complexity index is 2100. The first-order chi connectivity index (χ1) is 22.8. The highest BCUT2D eigenvalue weighted by molar-refractivity contribution is 7.86. The van der Waals surface area contributed by atoms with E-state index in [1.165, 1.54) is 24.3 Å². The molecule has 0 saturated heterocycles. The van der Waals surface area contributed by atoms with Crippen LogP contribution in [0.25, 0.3) is 11.1 Å². The predicted octanol–water partition coefficient (Wildman–Crippen LogP) is 1.05. The van der Waals surface area contributed by atoms with Crippen molar-refractivity contribution in [1.29, 1.82) is 21.0 Å². The van der Waals surface area contributed by atoms with Gasteiger partial charge in [0.15, 0.2) is 0 Å². The lowest BCUT2D eigenvalue weighted by Crippen LogP contribution is -2.23. The van der Waals surface area contributed by atoms with Gasteiger partial charge in [0.2, 0.25) is 0 Å². The summed E-state index contributed by atoms with van der Waals surface area (Å²) in [5.41, 5.74) is -1.90. The minimum absolute atomic E-state index is 0.170. The van der Waals surface area contributed by atoms with Gasteiger partial charge in [-0.15, -0.1) is 0 Å². The molecular formula is C30H20N4O12S2. The monoisotopic (exact) mass is 692 g/mol. The molecule has 0 aliphatic heterocycles. The zero-order valence-electron chi connectivity index (χ0n) is 24.2. The molecule has 0 spiro atoms. The molecule has 3 rings (SSSR count). The van der Waals surface area contributed by atoms with Crippen LogP contribution in [0.3, 0.4) is 0 Å². The van der Waals surface area contributed by atoms with E-state index < -0.39 is 90.7 Å². The van der Waals surface area contributed by atoms with E-state index in [0.29, 0.717) is 0 Å². The van der Waals surface area contributed by atoms with Gasteiger partial charge in [0.25, 0.3) is 20.2 Å². The molecule has 244 valence electrons. The molecule has 0 fully saturated rings. The summed E-state index contributed by atoms with van der Waals surface area (Å²) >= 11 is 0. The highest BCUT2D eigenvalue weighted by Gasteiger charge is 2.22. The summed E-state index contributed by atoms with van der Waals surface area (Å²) in [5, 5.41) is 37.7. The Hall–Kier alpha value is -6.28. The van der Waals surface area contributed by atoms with Crippen LogP contribution in [0.1, 0.15) is 20.7 Å². The molecule has 3 aromatic carbocycles. The van der Waals surface area contributed by atoms with E-state index in [9.17, 15) is 56.6 Å². The Morgan fingerprint density at radius 2 is 0.917 bits per heavy atom. The van der Waals surface area contributed by atoms with Gasteiger partial charge in [-0.25, -0.2) is 9.59 Å². The van der Waals surface area contributed by atoms with Gasteiger partial charge in [-0.3, -0.25) is 9.11 Å². The molecule has 0 radical (unpaired) electrons. The second-order valence-corrected chi connectivity index (χ2v) is 11.7. The Labute approximate surface area is 272 Å². The average Bonchev–Trinajstić information content (AvgIpc) is 3.06. The SMILES string of the molecule is N#CC(C#N)=c1cc(OCCOC(=O)c2ccccc2S(=O)(=O)O)c(=C(C#N)C#N)cc1OCCOC(=O)c1ccccc1S(=O)(=O)O. The topological polar surface area (TPSA) is 275 Å². The number of rotatable bonds is 12. The Morgan fingerprint density at radius 1 is 0.583 bits per heavy atom. The Morgan fingerprint density at radius 3 is 1.23 bits per heavy atom. The molecule has 0 aliphatic carbocycles. The van der Waals surface area contributed by atoms with E-state index in [-0.39, 0.29) is 21.9 Å². The van der Waals surface area contributed by atoms with Crippen LogP contribution >= 0.6 is 0 Å². The maximum Gasteiger partial charge on any atom is 0.339 e. The number of carbonyl (C=O) groups excluding carboxylic acids is 2. The van der Waals surface area contributed by atoms with Gasteiger partial charge < -0.3 is 18.9 Å². The molecule has 0 saturated carbocycles. The van der Waals surface area contributed by atoms with Crippen molar-refractivity contribution >= 4 is 43.3 Å². The van der Waals surface area contributed by atoms with Crippen molar-refractivity contribution in [3.05, 3.63) is 82.2 Å². The van der Waals surface area contributed by atoms with Gasteiger partial charge in [-0.1, -0.05) is 24.3 Å². The molecule has 0 aromatic heterocycles. The van der Waals surface area contributed by atoms with Crippen LogP contribution in [0.5, 0.6) is 11.5 Å². The largest absolute Gasteiger partial charge is 0.489 e. The van der Waals surface area contributed by atoms with E-state index in [4.69, 9.17) is 18.9 Å². The van der Waals surface area contributed by atoms with E-state index in [0.717, 1.165) is 36.4 Å². The summed E-state index contributed by atoms with van der Waals surface area (Å²) in [4.78, 5) is 23.6. The normalized spacial score (nSPS) is 10.6. The third-order valence-electron chi connectivity index (χ3n) is 5.99. The molecule has 18 heteroatoms. The van der Waals surface area contributed by atoms with Crippen LogP contribution in [0.4, 0.5) is 0 Å². The van der Waals surface area contributed by atoms with Crippen LogP contribution in [0.2, 0.25) is 0 Å². The lowest BCUT2D eigenvalue weighted by atomic mass is 10.1. The third kappa shape index (κ3) is 8.92. The molecule has 48 heavy (non-hydrogen) atoms. The smallest absolute Gasteiger partial charge is 0.339 e. The first kappa shape index (κ1) is 36.2. The maximum absolute atomic E-state index is 12.5. The summed E-state index contributed by atoms with van der Waals surface area (Å²) < 4.78 is 86.2. The summed E-state index contributed by atoms with van der Waals surface area (Å²) in [5.74, 6) is -2.68. The highest BCUT2D eigenvalue weighted by Crippen LogP contribution is 2.18. The van der Waals surface area contributed by atoms with Crippen molar-refractivity contribution < 1.29 is 54.5 Å². The quantitative estimate of drug-likeness (QED) is 0.152. The van der Waals surface area contributed by atoms with Crippen molar-refractivity contribution in [3.8, 4) is 35.8 Å². The van der Waals surface area contributed by atoms with E-state index >= 15 is 0 Å². The van der Waals surface area contributed by atoms with Crippen LogP contribution in [-0.2, 0) is 29.7 Å². The summed E-state index contributed by atoms with van der Waals surface area (Å²) in [6.45, 7) is -1.88. The molecule has 0 aliphatic rings. The summed E-state index contributed by atoms with van der Waals surface area (Å²) in [6.07, 6.45) is 0. The van der Waals surface area contributed by atoms with Crippen molar-refractivity contribution in [3.63, 3.8) is 0 Å². The van der Waals surface area contributed by atoms with Gasteiger partial charge in [0, 0.05) is 10.4 Å². The molecule has 0 heterocycles. The zero-order valence-corrected chi connectivity index (χ0v) is 25.8. The molecule has 16 nitrogen and oxygen atoms in total. The lowest BCUT2D eigenvalue weighted by Gasteiger charge is -2.13. The second kappa shape index (κ2) is 15.8. The van der Waals surface area contributed by atoms with Crippen molar-refractivity contribution in [2.45, 2.75) is 9.79 Å². The fourth-order valence-electron chi connectivity index (χ4n) is 3.93. The van der Waals surface area contributed by atoms with E-state index in [1.54, 1.807) is 24.3 Å². The van der Waals surface area contributed by atoms with Crippen molar-refractivity contribution in [2.24, 2.45) is 0 Å². The van der Waals surface area contributed by atoms with E-state index in [1.807, 2.05) is 0 Å². The van der Waals surface area contributed by atoms with Crippen LogP contribution < -0.4 is 19.9 Å². The molecule has 0 bridgehead atoms. The second-order valence-electron chi connectivity index (χ2n) is 8.95. The van der Waals surface area contributed by atoms with Crippen LogP contribution in [0.15, 0.2) is 70.5 Å². The fraction of sp³-hybridized carbons (Fsp3) is 0.133. The number of hydrogen-bond acceptors (Lipinski definition) is 14. The average molecular weight is 693 g/mol. The Balaban J connectivity index is 1.86. The minimum Gasteiger partial charge on any atom is -0.489 e. The molecule has 0 amide bonds. The first-order valence-corrected chi connectivity index (χ1v) is 15.9. The van der Waals surface area contributed by atoms with Crippen LogP contribution in [0, 0.1) is 45.3 Å². The number of ether oxygens (including phenoxy) is 4. The molecular weight excluding hydrogens is 672 g/mol. The van der Waals surface area contributed by atoms with Gasteiger partial charge in [0.05, 0.1) is 11.1 Å². The summed E-state index contributed by atoms with van der Waals surface area (Å²) in [7, 11) is -9.49. The van der Waals surface area contributed by atoms with E-state index in [2.05, 4.69) is 0 Å². The number of nitrogens with zero attached hydrogens (tertiary/aromatic N) is 4. The predicted molar refractivity (Wildman–Crippen MR) is 159 cm³/mol. The fourth-order valence-corrected chi connectivity index (χ4v) is 5.29. The van der Waals surface area contributed by atoms with Crippen LogP contribution in [-0.4, -0.2) is 64.3 Å². The number of esters is 2. The number of nitriles is 4. The van der Waals surface area contributed by atoms with Gasteiger partial charge in [-0.2, -0.15) is 37.9 Å². The highest BCUT2D eigenvalue weighted by atomic mass is 32.2. The Kier molecular flexibility index (Phi) is 11.9. The first-order valence-electron chi connectivity index (χ1n) is 13.0. The number of benzene rings is 3. The third-order valence-corrected chi connectivity index (χ3v) is 7.81. The number of hydrogen-bond donors (Lipinski definition) is 2. The molecule has 2 N–H and O–H groups in total. The van der Waals surface area contributed by atoms with Crippen molar-refractivity contribution in [1.82, 2.24) is 0 Å². The molecule has 0 unspecified atom stereocenters. The minimum atomic E-state index is -4.75. The van der Waals surface area contributed by atoms with Gasteiger partial charge in [0.1, 0.15) is 83.1 Å². The molecule has 0 atom stereocenters. The maximum atomic E-state index is 12.5. The van der Waals surface area contributed by atoms with Crippen molar-refractivity contribution in [2.75, 3.05) is 26.4 Å². The number of carbonyl (C=O) groups is 2. The lowest BCUT2D eigenvalue weighted by molar-refractivity contribution is 0.0435. The zero-order chi connectivity index (χ0) is 35.5. The standard InChI is InChI=1S/C30H20N4O12S2/c31-15-19(16-32)23-14-26(44-10-12-46-30(36)22-6-2-4-8-28(22)48(40,41)42)24(20(17-33)18-34)13-25(23)43-9-11-45-29(35)21-5-1-3-7-27(21)47(37,38)39/h1-8,13-14H,9-12H2,(H,37,38,39)(H,40,41,42).